The molecule has 2 aromatic rings. The van der Waals surface area contributed by atoms with Crippen LogP contribution in [0.5, 0.6) is 0 Å². The van der Waals surface area contributed by atoms with Crippen LogP contribution in [-0.4, -0.2) is 34.7 Å². The number of piperidine rings is 1. The van der Waals surface area contributed by atoms with Crippen molar-refractivity contribution in [2.75, 3.05) is 0 Å². The molecule has 7 atom stereocenters. The van der Waals surface area contributed by atoms with Crippen molar-refractivity contribution in [3.8, 4) is 11.1 Å². The number of fused-ring (bicyclic) bond motifs is 2. The van der Waals surface area contributed by atoms with Crippen LogP contribution in [0.2, 0.25) is 0 Å². The fourth-order valence-corrected chi connectivity index (χ4v) is 6.67. The lowest BCUT2D eigenvalue weighted by Gasteiger charge is -2.60. The Balaban J connectivity index is 1.34. The standard InChI is InChI=1S/C28H32N2O4/c1-18-9-14-24-19(2)25(31)30(26-28(24)23(18)15-16-27(3,32-26)33-34-28)29-17-20-10-12-22(13-11-20)21-7-5-4-6-8-21/h4-8,10-13,17-19,23-24,26H,9,14-16H2,1-3H3/b29-17+/t18-,19-,23+,24+,26-,27-,28-/m1/s1. The van der Waals surface area contributed by atoms with E-state index in [0.717, 1.165) is 36.8 Å². The highest BCUT2D eigenvalue weighted by Gasteiger charge is 2.70. The van der Waals surface area contributed by atoms with E-state index in [-0.39, 0.29) is 23.7 Å². The molecule has 7 rings (SSSR count). The molecule has 1 amide bonds. The van der Waals surface area contributed by atoms with Gasteiger partial charge < -0.3 is 4.74 Å². The van der Waals surface area contributed by atoms with Crippen molar-refractivity contribution < 1.29 is 19.3 Å². The summed E-state index contributed by atoms with van der Waals surface area (Å²) in [5, 5.41) is 6.25. The summed E-state index contributed by atoms with van der Waals surface area (Å²) >= 11 is 0. The Hall–Kier alpha value is -2.54. The van der Waals surface area contributed by atoms with Gasteiger partial charge in [-0.05, 0) is 54.7 Å². The van der Waals surface area contributed by atoms with E-state index in [2.05, 4.69) is 31.2 Å². The second kappa shape index (κ2) is 8.01. The van der Waals surface area contributed by atoms with Gasteiger partial charge in [0, 0.05) is 18.3 Å². The number of hydrogen-bond donors (Lipinski definition) is 0. The highest BCUT2D eigenvalue weighted by atomic mass is 17.3. The Kier molecular flexibility index (Phi) is 5.17. The summed E-state index contributed by atoms with van der Waals surface area (Å²) in [6.07, 6.45) is 4.90. The zero-order valence-electron chi connectivity index (χ0n) is 20.0. The number of rotatable bonds is 3. The van der Waals surface area contributed by atoms with Crippen LogP contribution in [0.4, 0.5) is 0 Å². The molecule has 0 N–H and O–H groups in total. The van der Waals surface area contributed by atoms with Gasteiger partial charge in [0.25, 0.3) is 0 Å². The number of carbonyl (C=O) groups is 1. The number of nitrogens with zero attached hydrogens (tertiary/aromatic N) is 2. The molecular formula is C28H32N2O4. The molecule has 0 aromatic heterocycles. The van der Waals surface area contributed by atoms with Gasteiger partial charge in [0.05, 0.1) is 6.21 Å². The number of ether oxygens (including phenoxy) is 1. The van der Waals surface area contributed by atoms with E-state index in [1.807, 2.05) is 44.2 Å². The van der Waals surface area contributed by atoms with Gasteiger partial charge in [0.2, 0.25) is 11.7 Å². The van der Waals surface area contributed by atoms with Crippen LogP contribution >= 0.6 is 0 Å². The maximum Gasteiger partial charge on any atom is 0.248 e. The molecule has 178 valence electrons. The monoisotopic (exact) mass is 460 g/mol. The van der Waals surface area contributed by atoms with Crippen LogP contribution in [0.15, 0.2) is 59.7 Å². The first-order valence-corrected chi connectivity index (χ1v) is 12.5. The summed E-state index contributed by atoms with van der Waals surface area (Å²) in [5.74, 6) is -0.291. The summed E-state index contributed by atoms with van der Waals surface area (Å²) in [4.78, 5) is 25.7. The van der Waals surface area contributed by atoms with Crippen molar-refractivity contribution in [2.24, 2.45) is 28.8 Å². The Bertz CT molecular complexity index is 1100. The number of hydrogen-bond acceptors (Lipinski definition) is 5. The first-order chi connectivity index (χ1) is 16.4. The lowest BCUT2D eigenvalue weighted by atomic mass is 9.57. The molecule has 6 heteroatoms. The van der Waals surface area contributed by atoms with Gasteiger partial charge in [0.1, 0.15) is 0 Å². The van der Waals surface area contributed by atoms with E-state index < -0.39 is 17.6 Å². The summed E-state index contributed by atoms with van der Waals surface area (Å²) < 4.78 is 6.52. The molecule has 5 fully saturated rings. The molecule has 2 bridgehead atoms. The maximum absolute atomic E-state index is 13.5. The quantitative estimate of drug-likeness (QED) is 0.456. The highest BCUT2D eigenvalue weighted by Crippen LogP contribution is 2.60. The Morgan fingerprint density at radius 1 is 0.941 bits per heavy atom. The number of benzene rings is 2. The van der Waals surface area contributed by atoms with Crippen molar-refractivity contribution in [1.29, 1.82) is 0 Å². The van der Waals surface area contributed by atoms with Crippen molar-refractivity contribution in [1.82, 2.24) is 5.01 Å². The van der Waals surface area contributed by atoms with Crippen LogP contribution in [0.3, 0.4) is 0 Å². The number of amides is 1. The van der Waals surface area contributed by atoms with Gasteiger partial charge in [-0.2, -0.15) is 5.10 Å². The minimum absolute atomic E-state index is 0.00849. The molecule has 4 aliphatic heterocycles. The minimum atomic E-state index is -0.872. The third-order valence-corrected chi connectivity index (χ3v) is 8.59. The fraction of sp³-hybridized carbons (Fsp3) is 0.500. The molecule has 1 aliphatic carbocycles. The third-order valence-electron chi connectivity index (χ3n) is 8.59. The highest BCUT2D eigenvalue weighted by molar-refractivity contribution is 5.85. The third kappa shape index (κ3) is 3.27. The minimum Gasteiger partial charge on any atom is -0.319 e. The molecule has 0 unspecified atom stereocenters. The first-order valence-electron chi connectivity index (χ1n) is 12.5. The van der Waals surface area contributed by atoms with Gasteiger partial charge >= 0.3 is 0 Å². The Morgan fingerprint density at radius 3 is 2.44 bits per heavy atom. The molecule has 6 nitrogen and oxygen atoms in total. The predicted molar refractivity (Wildman–Crippen MR) is 128 cm³/mol. The molecule has 4 saturated heterocycles. The second-order valence-electron chi connectivity index (χ2n) is 10.6. The van der Waals surface area contributed by atoms with E-state index in [1.54, 1.807) is 11.2 Å². The SMILES string of the molecule is C[C@@H]1CC[C@H]2[C@@H](C)C(=O)N(/N=C/c3ccc(-c4ccccc4)cc3)[C@@H]3O[C@@]4(C)CC[C@@H]1[C@@]23OO4. The smallest absolute Gasteiger partial charge is 0.248 e. The van der Waals surface area contributed by atoms with Crippen molar-refractivity contribution in [3.63, 3.8) is 0 Å². The van der Waals surface area contributed by atoms with Crippen LogP contribution in [0, 0.1) is 23.7 Å². The largest absolute Gasteiger partial charge is 0.319 e. The first kappa shape index (κ1) is 22.0. The van der Waals surface area contributed by atoms with E-state index in [4.69, 9.17) is 19.6 Å². The zero-order chi connectivity index (χ0) is 23.5. The summed E-state index contributed by atoms with van der Waals surface area (Å²) in [5.41, 5.74) is 2.55. The number of carbonyl (C=O) groups excluding carboxylic acids is 1. The normalized spacial score (nSPS) is 39.2. The van der Waals surface area contributed by atoms with Gasteiger partial charge in [-0.25, -0.2) is 14.8 Å². The van der Waals surface area contributed by atoms with Crippen LogP contribution < -0.4 is 0 Å². The molecule has 34 heavy (non-hydrogen) atoms. The summed E-state index contributed by atoms with van der Waals surface area (Å²) in [7, 11) is 0. The van der Waals surface area contributed by atoms with Gasteiger partial charge in [-0.3, -0.25) is 4.79 Å². The van der Waals surface area contributed by atoms with Crippen LogP contribution in [0.1, 0.15) is 52.0 Å². The van der Waals surface area contributed by atoms with E-state index in [1.165, 1.54) is 5.56 Å². The lowest BCUT2D eigenvalue weighted by molar-refractivity contribution is -0.547. The second-order valence-corrected chi connectivity index (χ2v) is 10.6. The maximum atomic E-state index is 13.5. The Morgan fingerprint density at radius 2 is 1.68 bits per heavy atom. The van der Waals surface area contributed by atoms with Crippen molar-refractivity contribution in [2.45, 2.75) is 64.1 Å². The van der Waals surface area contributed by atoms with E-state index in [0.29, 0.717) is 5.92 Å². The lowest BCUT2D eigenvalue weighted by Crippen LogP contribution is -2.74. The molecule has 0 radical (unpaired) electrons. The van der Waals surface area contributed by atoms with Crippen molar-refractivity contribution in [3.05, 3.63) is 60.2 Å². The summed E-state index contributed by atoms with van der Waals surface area (Å²) in [6, 6.07) is 18.5. The predicted octanol–water partition coefficient (Wildman–Crippen LogP) is 5.38. The zero-order valence-corrected chi connectivity index (χ0v) is 20.0. The van der Waals surface area contributed by atoms with Gasteiger partial charge in [0.15, 0.2) is 11.8 Å². The van der Waals surface area contributed by atoms with E-state index in [9.17, 15) is 4.79 Å². The molecular weight excluding hydrogens is 428 g/mol. The van der Waals surface area contributed by atoms with Crippen LogP contribution in [0.25, 0.3) is 11.1 Å². The average molecular weight is 461 g/mol. The molecule has 2 aromatic carbocycles. The molecule has 1 saturated carbocycles. The average Bonchev–Trinajstić information content (AvgIpc) is 3.10. The topological polar surface area (TPSA) is 60.4 Å². The number of hydrazone groups is 1. The molecule has 5 aliphatic rings. The summed E-state index contributed by atoms with van der Waals surface area (Å²) in [6.45, 7) is 6.20. The van der Waals surface area contributed by atoms with Gasteiger partial charge in [-0.1, -0.05) is 68.4 Å². The Labute approximate surface area is 200 Å². The van der Waals surface area contributed by atoms with Crippen molar-refractivity contribution >= 4 is 12.1 Å². The van der Waals surface area contributed by atoms with Crippen LogP contribution in [-0.2, 0) is 19.3 Å². The fourth-order valence-electron chi connectivity index (χ4n) is 6.67. The van der Waals surface area contributed by atoms with Gasteiger partial charge in [-0.15, -0.1) is 0 Å². The molecule has 4 heterocycles. The molecule has 1 spiro atoms. The van der Waals surface area contributed by atoms with E-state index >= 15 is 0 Å².